The molecule has 3 rings (SSSR count). The molecule has 1 aliphatic carbocycles. The molecule has 0 heterocycles. The third-order valence-corrected chi connectivity index (χ3v) is 8.11. The lowest BCUT2D eigenvalue weighted by Gasteiger charge is -2.23. The zero-order valence-corrected chi connectivity index (χ0v) is 17.6. The van der Waals surface area contributed by atoms with Crippen LogP contribution in [-0.4, -0.2) is 28.1 Å². The number of rotatable bonds is 6. The van der Waals surface area contributed by atoms with Gasteiger partial charge in [-0.2, -0.15) is 0 Å². The van der Waals surface area contributed by atoms with Crippen LogP contribution in [0.15, 0.2) is 53.4 Å². The molecule has 0 aromatic heterocycles. The maximum Gasteiger partial charge on any atom is 0.238 e. The van der Waals surface area contributed by atoms with Crippen LogP contribution in [0.1, 0.15) is 44.6 Å². The van der Waals surface area contributed by atoms with Gasteiger partial charge in [-0.05, 0) is 55.5 Å². The van der Waals surface area contributed by atoms with Gasteiger partial charge in [-0.1, -0.05) is 42.8 Å². The van der Waals surface area contributed by atoms with E-state index >= 15 is 0 Å². The molecule has 2 aromatic rings. The predicted octanol–water partition coefficient (Wildman–Crippen LogP) is 2.96. The van der Waals surface area contributed by atoms with E-state index in [1.54, 1.807) is 26.0 Å². The summed E-state index contributed by atoms with van der Waals surface area (Å²) in [6.07, 6.45) is 2.79. The molecular formula is C20H26N2O4S2. The Morgan fingerprint density at radius 2 is 1.43 bits per heavy atom. The summed E-state index contributed by atoms with van der Waals surface area (Å²) in [4.78, 5) is 0.0825. The molecule has 0 spiro atoms. The summed E-state index contributed by atoms with van der Waals surface area (Å²) >= 11 is 0. The fourth-order valence-electron chi connectivity index (χ4n) is 3.61. The molecular weight excluding hydrogens is 396 g/mol. The first-order valence-electron chi connectivity index (χ1n) is 9.32. The lowest BCUT2D eigenvalue weighted by molar-refractivity contribution is 0.519. The van der Waals surface area contributed by atoms with E-state index in [0.717, 1.165) is 36.0 Å². The van der Waals surface area contributed by atoms with Crippen molar-refractivity contribution in [3.8, 4) is 11.1 Å². The maximum absolute atomic E-state index is 12.2. The first kappa shape index (κ1) is 21.0. The summed E-state index contributed by atoms with van der Waals surface area (Å²) in [5, 5.41) is 4.69. The highest BCUT2D eigenvalue weighted by Crippen LogP contribution is 2.36. The zero-order chi connectivity index (χ0) is 20.5. The van der Waals surface area contributed by atoms with E-state index in [1.165, 1.54) is 12.1 Å². The van der Waals surface area contributed by atoms with E-state index in [1.807, 2.05) is 24.3 Å². The average Bonchev–Trinajstić information content (AvgIpc) is 3.08. The van der Waals surface area contributed by atoms with Crippen molar-refractivity contribution in [2.75, 3.05) is 0 Å². The molecule has 3 N–H and O–H groups in total. The van der Waals surface area contributed by atoms with Gasteiger partial charge in [-0.25, -0.2) is 26.7 Å². The largest absolute Gasteiger partial charge is 0.238 e. The fraction of sp³-hybridized carbons (Fsp3) is 0.400. The van der Waals surface area contributed by atoms with Crippen LogP contribution in [0.5, 0.6) is 0 Å². The van der Waals surface area contributed by atoms with Gasteiger partial charge in [-0.3, -0.25) is 0 Å². The molecule has 0 amide bonds. The van der Waals surface area contributed by atoms with E-state index < -0.39 is 25.3 Å². The third kappa shape index (κ3) is 4.63. The molecule has 1 fully saturated rings. The van der Waals surface area contributed by atoms with Crippen molar-refractivity contribution in [2.24, 2.45) is 5.14 Å². The highest BCUT2D eigenvalue weighted by Gasteiger charge is 2.32. The number of hydrogen-bond donors (Lipinski definition) is 2. The van der Waals surface area contributed by atoms with Gasteiger partial charge in [0.25, 0.3) is 0 Å². The van der Waals surface area contributed by atoms with Gasteiger partial charge in [0.1, 0.15) is 0 Å². The van der Waals surface area contributed by atoms with Crippen LogP contribution in [0.3, 0.4) is 0 Å². The minimum atomic E-state index is -3.70. The monoisotopic (exact) mass is 422 g/mol. The van der Waals surface area contributed by atoms with Crippen LogP contribution in [0.4, 0.5) is 0 Å². The number of nitrogens with two attached hydrogens (primary N) is 1. The molecule has 0 aliphatic heterocycles. The van der Waals surface area contributed by atoms with Gasteiger partial charge >= 0.3 is 0 Å². The van der Waals surface area contributed by atoms with E-state index in [4.69, 9.17) is 5.14 Å². The molecule has 0 unspecified atom stereocenters. The number of primary sulfonamides is 1. The summed E-state index contributed by atoms with van der Waals surface area (Å²) in [6, 6.07) is 14.4. The van der Waals surface area contributed by atoms with E-state index in [0.29, 0.717) is 0 Å². The molecule has 2 aromatic carbocycles. The van der Waals surface area contributed by atoms with Crippen LogP contribution in [-0.2, 0) is 20.0 Å². The molecule has 6 nitrogen and oxygen atoms in total. The lowest BCUT2D eigenvalue weighted by atomic mass is 9.93. The zero-order valence-electron chi connectivity index (χ0n) is 16.0. The van der Waals surface area contributed by atoms with Crippen molar-refractivity contribution < 1.29 is 16.8 Å². The number of benzene rings is 2. The molecule has 0 bridgehead atoms. The highest BCUT2D eigenvalue weighted by atomic mass is 32.2. The summed E-state index contributed by atoms with van der Waals surface area (Å²) in [5.41, 5.74) is 2.96. The normalized spacial score (nSPS) is 20.6. The molecule has 8 heteroatoms. The van der Waals surface area contributed by atoms with Crippen molar-refractivity contribution in [1.29, 1.82) is 0 Å². The van der Waals surface area contributed by atoms with Gasteiger partial charge in [0, 0.05) is 12.0 Å². The molecule has 2 atom stereocenters. The lowest BCUT2D eigenvalue weighted by Crippen LogP contribution is -2.40. The quantitative estimate of drug-likeness (QED) is 0.746. The van der Waals surface area contributed by atoms with Gasteiger partial charge in [0.05, 0.1) is 10.1 Å². The summed E-state index contributed by atoms with van der Waals surface area (Å²) < 4.78 is 50.1. The van der Waals surface area contributed by atoms with Crippen molar-refractivity contribution in [3.63, 3.8) is 0 Å². The Balaban J connectivity index is 1.78. The SMILES string of the molecule is CC(C)S(=O)(=O)N[C@H]1CCC[C@H]1c1ccc(-c2ccc(S(N)(=O)=O)cc2)cc1. The third-order valence-electron chi connectivity index (χ3n) is 5.31. The number of hydrogen-bond acceptors (Lipinski definition) is 4. The Morgan fingerprint density at radius 1 is 0.893 bits per heavy atom. The Bertz CT molecular complexity index is 1030. The van der Waals surface area contributed by atoms with Crippen molar-refractivity contribution in [1.82, 2.24) is 4.72 Å². The van der Waals surface area contributed by atoms with Crippen molar-refractivity contribution in [2.45, 2.75) is 55.2 Å². The predicted molar refractivity (Wildman–Crippen MR) is 111 cm³/mol. The van der Waals surface area contributed by atoms with Crippen LogP contribution < -0.4 is 9.86 Å². The smallest absolute Gasteiger partial charge is 0.225 e. The van der Waals surface area contributed by atoms with Crippen LogP contribution in [0, 0.1) is 0 Å². The van der Waals surface area contributed by atoms with Gasteiger partial charge < -0.3 is 0 Å². The summed E-state index contributed by atoms with van der Waals surface area (Å²) in [5.74, 6) is 0.160. The van der Waals surface area contributed by atoms with Crippen LogP contribution in [0.2, 0.25) is 0 Å². The van der Waals surface area contributed by atoms with E-state index in [-0.39, 0.29) is 16.9 Å². The first-order valence-corrected chi connectivity index (χ1v) is 12.4. The van der Waals surface area contributed by atoms with E-state index in [9.17, 15) is 16.8 Å². The van der Waals surface area contributed by atoms with E-state index in [2.05, 4.69) is 4.72 Å². The second kappa shape index (κ2) is 7.94. The van der Waals surface area contributed by atoms with Gasteiger partial charge in [0.15, 0.2) is 0 Å². The topological polar surface area (TPSA) is 106 Å². The minimum Gasteiger partial charge on any atom is -0.225 e. The standard InChI is InChI=1S/C20H26N2O4S2/c1-14(2)28(25,26)22-20-5-3-4-19(20)17-8-6-15(7-9-17)16-10-12-18(13-11-16)27(21,23)24/h6-14,19-20,22H,3-5H2,1-2H3,(H2,21,23,24)/t19-,20-/m0/s1. The van der Waals surface area contributed by atoms with Gasteiger partial charge in [-0.15, -0.1) is 0 Å². The highest BCUT2D eigenvalue weighted by molar-refractivity contribution is 7.90. The Morgan fingerprint density at radius 3 is 1.93 bits per heavy atom. The molecule has 1 saturated carbocycles. The first-order chi connectivity index (χ1) is 13.1. The summed E-state index contributed by atoms with van der Waals surface area (Å²) in [7, 11) is -7.00. The molecule has 1 aliphatic rings. The van der Waals surface area contributed by atoms with Crippen molar-refractivity contribution >= 4 is 20.0 Å². The second-order valence-electron chi connectivity index (χ2n) is 7.55. The number of sulfonamides is 2. The van der Waals surface area contributed by atoms with Crippen molar-refractivity contribution in [3.05, 3.63) is 54.1 Å². The summed E-state index contributed by atoms with van der Waals surface area (Å²) in [6.45, 7) is 3.37. The second-order valence-corrected chi connectivity index (χ2v) is 11.4. The Hall–Kier alpha value is -1.74. The fourth-order valence-corrected chi connectivity index (χ4v) is 5.10. The maximum atomic E-state index is 12.2. The average molecular weight is 423 g/mol. The Kier molecular flexibility index (Phi) is 5.95. The minimum absolute atomic E-state index is 0.0766. The molecule has 152 valence electrons. The molecule has 0 saturated heterocycles. The van der Waals surface area contributed by atoms with Crippen LogP contribution >= 0.6 is 0 Å². The molecule has 0 radical (unpaired) electrons. The number of nitrogens with one attached hydrogen (secondary N) is 1. The Labute approximate surface area is 167 Å². The van der Waals surface area contributed by atoms with Crippen LogP contribution in [0.25, 0.3) is 11.1 Å². The van der Waals surface area contributed by atoms with Gasteiger partial charge in [0.2, 0.25) is 20.0 Å². The molecule has 28 heavy (non-hydrogen) atoms.